The van der Waals surface area contributed by atoms with Gasteiger partial charge in [-0.1, -0.05) is 47.5 Å². The monoisotopic (exact) mass is 481 g/mol. The Morgan fingerprint density at radius 1 is 1.03 bits per heavy atom. The first-order chi connectivity index (χ1) is 15.0. The fourth-order valence-corrected chi connectivity index (χ4v) is 3.07. The van der Waals surface area contributed by atoms with Gasteiger partial charge >= 0.3 is 12.1 Å². The van der Waals surface area contributed by atoms with Gasteiger partial charge < -0.3 is 25.8 Å². The highest BCUT2D eigenvalue weighted by Gasteiger charge is 2.24. The second-order valence-corrected chi connectivity index (χ2v) is 8.65. The molecule has 0 saturated carbocycles. The number of carbonyl (C=O) groups excluding carboxylic acids is 3. The van der Waals surface area contributed by atoms with Crippen molar-refractivity contribution < 1.29 is 23.9 Å². The number of halogens is 2. The number of rotatable bonds is 8. The summed E-state index contributed by atoms with van der Waals surface area (Å²) in [5.74, 6) is -1.49. The molecule has 172 valence electrons. The fraction of sp³-hybridized carbons (Fsp3) is 0.318. The van der Waals surface area contributed by atoms with Crippen molar-refractivity contribution in [2.75, 3.05) is 11.9 Å². The van der Waals surface area contributed by atoms with Crippen molar-refractivity contribution in [3.63, 3.8) is 0 Å². The Bertz CT molecular complexity index is 972. The van der Waals surface area contributed by atoms with Gasteiger partial charge in [0.05, 0.1) is 22.2 Å². The number of nitrogens with two attached hydrogens (primary N) is 1. The van der Waals surface area contributed by atoms with Crippen molar-refractivity contribution in [2.45, 2.75) is 38.8 Å². The van der Waals surface area contributed by atoms with Crippen LogP contribution in [0, 0.1) is 0 Å². The van der Waals surface area contributed by atoms with Crippen LogP contribution >= 0.6 is 23.2 Å². The first-order valence-corrected chi connectivity index (χ1v) is 10.5. The Morgan fingerprint density at radius 3 is 2.25 bits per heavy atom. The zero-order chi connectivity index (χ0) is 23.9. The summed E-state index contributed by atoms with van der Waals surface area (Å²) < 4.78 is 10.2. The number of anilines is 2. The fourth-order valence-electron chi connectivity index (χ4n) is 2.58. The van der Waals surface area contributed by atoms with Gasteiger partial charge in [0.1, 0.15) is 18.2 Å². The molecule has 0 aromatic heterocycles. The Morgan fingerprint density at radius 2 is 1.66 bits per heavy atom. The number of hydrogen-bond donors (Lipinski definition) is 3. The lowest BCUT2D eigenvalue weighted by molar-refractivity contribution is -0.144. The molecular formula is C22H25Cl2N3O5. The van der Waals surface area contributed by atoms with Crippen LogP contribution in [0.1, 0.15) is 26.3 Å². The van der Waals surface area contributed by atoms with Crippen molar-refractivity contribution >= 4 is 52.5 Å². The molecule has 0 heterocycles. The average Bonchev–Trinajstić information content (AvgIpc) is 2.67. The van der Waals surface area contributed by atoms with Gasteiger partial charge in [0.2, 0.25) is 5.91 Å². The van der Waals surface area contributed by atoms with E-state index in [1.54, 1.807) is 63.2 Å². The summed E-state index contributed by atoms with van der Waals surface area (Å²) in [6.45, 7) is 4.59. The Kier molecular flexibility index (Phi) is 8.74. The predicted octanol–water partition coefficient (Wildman–Crippen LogP) is 4.20. The molecule has 8 nitrogen and oxygen atoms in total. The summed E-state index contributed by atoms with van der Waals surface area (Å²) >= 11 is 12.4. The van der Waals surface area contributed by atoms with E-state index in [4.69, 9.17) is 38.4 Å². The van der Waals surface area contributed by atoms with E-state index in [9.17, 15) is 14.4 Å². The van der Waals surface area contributed by atoms with E-state index in [2.05, 4.69) is 10.6 Å². The highest BCUT2D eigenvalue weighted by atomic mass is 35.5. The highest BCUT2D eigenvalue weighted by Crippen LogP contribution is 2.33. The van der Waals surface area contributed by atoms with Gasteiger partial charge in [0.15, 0.2) is 0 Å². The van der Waals surface area contributed by atoms with Gasteiger partial charge in [-0.2, -0.15) is 0 Å². The summed E-state index contributed by atoms with van der Waals surface area (Å²) in [4.78, 5) is 35.9. The number of hydrogen-bond acceptors (Lipinski definition) is 6. The Labute approximate surface area is 196 Å². The number of para-hydroxylation sites is 2. The molecule has 0 fully saturated rings. The smallest absolute Gasteiger partial charge is 0.408 e. The molecule has 0 radical (unpaired) electrons. The Hall–Kier alpha value is -2.97. The van der Waals surface area contributed by atoms with Crippen LogP contribution in [0.25, 0.3) is 0 Å². The molecule has 32 heavy (non-hydrogen) atoms. The number of alkyl carbamates (subject to hydrolysis) is 1. The first-order valence-electron chi connectivity index (χ1n) is 9.69. The molecule has 0 unspecified atom stereocenters. The van der Waals surface area contributed by atoms with Crippen LogP contribution < -0.4 is 16.4 Å². The molecular weight excluding hydrogens is 457 g/mol. The van der Waals surface area contributed by atoms with Crippen molar-refractivity contribution in [3.05, 3.63) is 58.1 Å². The summed E-state index contributed by atoms with van der Waals surface area (Å²) in [5, 5.41) is 6.27. The van der Waals surface area contributed by atoms with Gasteiger partial charge in [-0.25, -0.2) is 4.79 Å². The lowest BCUT2D eigenvalue weighted by atomic mass is 10.1. The maximum absolute atomic E-state index is 12.4. The van der Waals surface area contributed by atoms with Crippen LogP contribution in [-0.4, -0.2) is 36.2 Å². The van der Waals surface area contributed by atoms with E-state index < -0.39 is 36.2 Å². The highest BCUT2D eigenvalue weighted by molar-refractivity contribution is 6.39. The number of esters is 1. The number of ether oxygens (including phenoxy) is 2. The largest absolute Gasteiger partial charge is 0.463 e. The maximum atomic E-state index is 12.4. The third-order valence-corrected chi connectivity index (χ3v) is 4.65. The molecule has 0 aliphatic heterocycles. The lowest BCUT2D eigenvalue weighted by Gasteiger charge is -2.22. The number of benzene rings is 2. The van der Waals surface area contributed by atoms with Gasteiger partial charge in [-0.3, -0.25) is 9.59 Å². The quantitative estimate of drug-likeness (QED) is 0.485. The third kappa shape index (κ3) is 7.94. The maximum Gasteiger partial charge on any atom is 0.408 e. The molecule has 0 aliphatic rings. The molecule has 1 atom stereocenters. The molecule has 10 heteroatoms. The van der Waals surface area contributed by atoms with E-state index >= 15 is 0 Å². The SMILES string of the molecule is CC(C)(C)OC(=O)N[C@@H](COC(=O)Cc1ccccc1Nc1c(Cl)cccc1Cl)C(N)=O. The molecule has 2 aromatic rings. The second-order valence-electron chi connectivity index (χ2n) is 7.84. The summed E-state index contributed by atoms with van der Waals surface area (Å²) in [5.41, 5.74) is 6.26. The first kappa shape index (κ1) is 25.3. The Balaban J connectivity index is 2.02. The van der Waals surface area contributed by atoms with E-state index in [1.807, 2.05) is 0 Å². The third-order valence-electron chi connectivity index (χ3n) is 4.02. The second kappa shape index (κ2) is 11.1. The summed E-state index contributed by atoms with van der Waals surface area (Å²) in [6.07, 6.45) is -0.952. The number of nitrogens with one attached hydrogen (secondary N) is 2. The van der Waals surface area contributed by atoms with Crippen LogP contribution in [0.3, 0.4) is 0 Å². The van der Waals surface area contributed by atoms with Crippen molar-refractivity contribution in [2.24, 2.45) is 5.73 Å². The minimum atomic E-state index is -1.23. The van der Waals surface area contributed by atoms with Gasteiger partial charge in [-0.05, 0) is 44.5 Å². The molecule has 0 aliphatic carbocycles. The number of primary amides is 1. The van der Waals surface area contributed by atoms with Gasteiger partial charge in [-0.15, -0.1) is 0 Å². The minimum absolute atomic E-state index is 0.108. The van der Waals surface area contributed by atoms with Gasteiger partial charge in [0.25, 0.3) is 0 Å². The lowest BCUT2D eigenvalue weighted by Crippen LogP contribution is -2.49. The zero-order valence-electron chi connectivity index (χ0n) is 17.9. The molecule has 0 bridgehead atoms. The summed E-state index contributed by atoms with van der Waals surface area (Å²) in [6, 6.07) is 10.9. The number of carbonyl (C=O) groups is 3. The topological polar surface area (TPSA) is 120 Å². The summed E-state index contributed by atoms with van der Waals surface area (Å²) in [7, 11) is 0. The molecule has 2 amide bonds. The van der Waals surface area contributed by atoms with Crippen molar-refractivity contribution in [1.29, 1.82) is 0 Å². The van der Waals surface area contributed by atoms with Crippen LogP contribution in [0.4, 0.5) is 16.2 Å². The van der Waals surface area contributed by atoms with Crippen LogP contribution in [-0.2, 0) is 25.5 Å². The molecule has 4 N–H and O–H groups in total. The minimum Gasteiger partial charge on any atom is -0.463 e. The molecule has 2 rings (SSSR count). The van der Waals surface area contributed by atoms with E-state index in [0.29, 0.717) is 27.0 Å². The number of amides is 2. The normalized spacial score (nSPS) is 11.9. The molecule has 0 saturated heterocycles. The van der Waals surface area contributed by atoms with Crippen molar-refractivity contribution in [1.82, 2.24) is 5.32 Å². The zero-order valence-corrected chi connectivity index (χ0v) is 19.4. The van der Waals surface area contributed by atoms with E-state index in [-0.39, 0.29) is 6.42 Å². The molecule has 0 spiro atoms. The molecule has 2 aromatic carbocycles. The van der Waals surface area contributed by atoms with Crippen LogP contribution in [0.5, 0.6) is 0 Å². The van der Waals surface area contributed by atoms with Crippen molar-refractivity contribution in [3.8, 4) is 0 Å². The van der Waals surface area contributed by atoms with Crippen LogP contribution in [0.15, 0.2) is 42.5 Å². The van der Waals surface area contributed by atoms with E-state index in [1.165, 1.54) is 0 Å². The predicted molar refractivity (Wildman–Crippen MR) is 123 cm³/mol. The van der Waals surface area contributed by atoms with Crippen LogP contribution in [0.2, 0.25) is 10.0 Å². The average molecular weight is 482 g/mol. The standard InChI is InChI=1S/C22H25Cl2N3O5/c1-22(2,3)32-21(30)27-17(20(25)29)12-31-18(28)11-13-7-4-5-10-16(13)26-19-14(23)8-6-9-15(19)24/h4-10,17,26H,11-12H2,1-3H3,(H2,25,29)(H,27,30)/t17-/m0/s1. The van der Waals surface area contributed by atoms with E-state index in [0.717, 1.165) is 0 Å². The van der Waals surface area contributed by atoms with Gasteiger partial charge in [0, 0.05) is 5.69 Å².